The van der Waals surface area contributed by atoms with Crippen LogP contribution in [-0.4, -0.2) is 53.8 Å². The van der Waals surface area contributed by atoms with Crippen LogP contribution in [0.2, 0.25) is 0 Å². The normalized spacial score (nSPS) is 17.0. The third-order valence-corrected chi connectivity index (χ3v) is 5.07. The molecular weight excluding hydrogens is 340 g/mol. The van der Waals surface area contributed by atoms with Crippen LogP contribution in [0, 0.1) is 17.6 Å². The van der Waals surface area contributed by atoms with Crippen LogP contribution in [0.1, 0.15) is 33.6 Å². The van der Waals surface area contributed by atoms with E-state index in [0.29, 0.717) is 26.2 Å². The van der Waals surface area contributed by atoms with E-state index in [0.717, 1.165) is 25.0 Å². The maximum Gasteiger partial charge on any atom is 0.241 e. The Bertz CT molecular complexity index is 642. The molecule has 26 heavy (non-hydrogen) atoms. The molecule has 5 nitrogen and oxygen atoms in total. The molecule has 1 N–H and O–H groups in total. The Hall–Kier alpha value is -2.02. The largest absolute Gasteiger partial charge is 0.343 e. The Morgan fingerprint density at radius 3 is 2.35 bits per heavy atom. The molecule has 0 radical (unpaired) electrons. The summed E-state index contributed by atoms with van der Waals surface area (Å²) in [7, 11) is 0. The highest BCUT2D eigenvalue weighted by Gasteiger charge is 2.31. The molecule has 1 fully saturated rings. The van der Waals surface area contributed by atoms with Crippen molar-refractivity contribution in [2.75, 3.05) is 31.5 Å². The molecule has 1 heterocycles. The number of likely N-dealkylation sites (tertiary alicyclic amines) is 1. The Labute approximate surface area is 153 Å². The fraction of sp³-hybridized carbons (Fsp3) is 0.579. The van der Waals surface area contributed by atoms with Crippen molar-refractivity contribution in [1.29, 1.82) is 0 Å². The van der Waals surface area contributed by atoms with Crippen LogP contribution in [0.4, 0.5) is 14.5 Å². The zero-order chi connectivity index (χ0) is 19.3. The van der Waals surface area contributed by atoms with Gasteiger partial charge in [0.05, 0.1) is 6.04 Å². The van der Waals surface area contributed by atoms with Crippen molar-refractivity contribution in [3.8, 4) is 0 Å². The van der Waals surface area contributed by atoms with E-state index in [1.807, 2.05) is 23.6 Å². The first-order chi connectivity index (χ1) is 12.4. The van der Waals surface area contributed by atoms with E-state index in [-0.39, 0.29) is 23.4 Å². The summed E-state index contributed by atoms with van der Waals surface area (Å²) < 4.78 is 26.2. The monoisotopic (exact) mass is 367 g/mol. The van der Waals surface area contributed by atoms with Crippen LogP contribution < -0.4 is 5.32 Å². The molecule has 2 amide bonds. The first kappa shape index (κ1) is 20.3. The molecule has 0 saturated carbocycles. The van der Waals surface area contributed by atoms with Gasteiger partial charge in [-0.25, -0.2) is 8.78 Å². The Morgan fingerprint density at radius 2 is 1.81 bits per heavy atom. The van der Waals surface area contributed by atoms with E-state index in [1.54, 1.807) is 6.92 Å². The number of piperidine rings is 1. The number of hydrogen-bond donors (Lipinski definition) is 1. The summed E-state index contributed by atoms with van der Waals surface area (Å²) in [5.41, 5.74) is 0.229. The number of benzene rings is 1. The number of nitrogens with one attached hydrogen (secondary N) is 1. The van der Waals surface area contributed by atoms with Crippen molar-refractivity contribution in [3.05, 3.63) is 29.8 Å². The number of halogens is 2. The minimum atomic E-state index is -0.994. The van der Waals surface area contributed by atoms with Gasteiger partial charge in [0.15, 0.2) is 11.6 Å². The third-order valence-electron chi connectivity index (χ3n) is 5.07. The molecule has 1 saturated heterocycles. The molecule has 1 aromatic rings. The van der Waals surface area contributed by atoms with Gasteiger partial charge in [-0.1, -0.05) is 0 Å². The topological polar surface area (TPSA) is 52.7 Å². The van der Waals surface area contributed by atoms with Crippen LogP contribution in [-0.2, 0) is 9.59 Å². The van der Waals surface area contributed by atoms with Crippen LogP contribution in [0.15, 0.2) is 18.2 Å². The molecule has 7 heteroatoms. The van der Waals surface area contributed by atoms with E-state index in [4.69, 9.17) is 0 Å². The molecular formula is C19H27F2N3O2. The van der Waals surface area contributed by atoms with E-state index in [9.17, 15) is 18.4 Å². The van der Waals surface area contributed by atoms with E-state index < -0.39 is 17.7 Å². The molecule has 0 bridgehead atoms. The van der Waals surface area contributed by atoms with Crippen molar-refractivity contribution in [1.82, 2.24) is 9.80 Å². The molecule has 1 aromatic carbocycles. The fourth-order valence-electron chi connectivity index (χ4n) is 3.31. The number of nitrogens with zero attached hydrogens (tertiary/aromatic N) is 2. The zero-order valence-corrected chi connectivity index (χ0v) is 15.6. The van der Waals surface area contributed by atoms with Gasteiger partial charge >= 0.3 is 0 Å². The predicted octanol–water partition coefficient (Wildman–Crippen LogP) is 2.87. The molecule has 0 spiro atoms. The second-order valence-electron chi connectivity index (χ2n) is 6.61. The summed E-state index contributed by atoms with van der Waals surface area (Å²) in [6.07, 6.45) is 1.44. The van der Waals surface area contributed by atoms with Crippen LogP contribution in [0.3, 0.4) is 0 Å². The molecule has 1 atom stereocenters. The van der Waals surface area contributed by atoms with Crippen molar-refractivity contribution < 1.29 is 18.4 Å². The second kappa shape index (κ2) is 9.07. The molecule has 1 unspecified atom stereocenters. The van der Waals surface area contributed by atoms with Crippen LogP contribution in [0.25, 0.3) is 0 Å². The fourth-order valence-corrected chi connectivity index (χ4v) is 3.31. The van der Waals surface area contributed by atoms with Gasteiger partial charge in [0.1, 0.15) is 0 Å². The lowest BCUT2D eigenvalue weighted by Gasteiger charge is -2.36. The van der Waals surface area contributed by atoms with E-state index >= 15 is 0 Å². The van der Waals surface area contributed by atoms with Gasteiger partial charge in [-0.05, 0) is 58.8 Å². The van der Waals surface area contributed by atoms with Gasteiger partial charge in [-0.2, -0.15) is 0 Å². The summed E-state index contributed by atoms with van der Waals surface area (Å²) in [5.74, 6) is -2.02. The summed E-state index contributed by atoms with van der Waals surface area (Å²) in [6, 6.07) is 2.87. The Morgan fingerprint density at radius 1 is 1.19 bits per heavy atom. The SMILES string of the molecule is CCN(CC)C(=O)C1CCN(C(C)C(=O)Nc2ccc(F)c(F)c2)CC1. The predicted molar refractivity (Wildman–Crippen MR) is 96.7 cm³/mol. The number of amides is 2. The third kappa shape index (κ3) is 4.78. The molecule has 1 aliphatic heterocycles. The van der Waals surface area contributed by atoms with Gasteiger partial charge in [0.2, 0.25) is 11.8 Å². The maximum absolute atomic E-state index is 13.3. The lowest BCUT2D eigenvalue weighted by atomic mass is 9.94. The molecule has 0 aliphatic carbocycles. The van der Waals surface area contributed by atoms with E-state index in [1.165, 1.54) is 6.07 Å². The second-order valence-corrected chi connectivity index (χ2v) is 6.61. The standard InChI is InChI=1S/C19H27F2N3O2/c1-4-23(5-2)19(26)14-8-10-24(11-9-14)13(3)18(25)22-15-6-7-16(20)17(21)12-15/h6-7,12-14H,4-5,8-11H2,1-3H3,(H,22,25). The minimum absolute atomic E-state index is 0.00704. The quantitative estimate of drug-likeness (QED) is 0.841. The van der Waals surface area contributed by atoms with Crippen molar-refractivity contribution in [2.24, 2.45) is 5.92 Å². The average Bonchev–Trinajstić information content (AvgIpc) is 2.65. The Kier molecular flexibility index (Phi) is 7.08. The van der Waals surface area contributed by atoms with Crippen molar-refractivity contribution in [2.45, 2.75) is 39.7 Å². The van der Waals surface area contributed by atoms with E-state index in [2.05, 4.69) is 5.32 Å². The number of carbonyl (C=O) groups excluding carboxylic acids is 2. The number of hydrogen-bond acceptors (Lipinski definition) is 3. The van der Waals surface area contributed by atoms with Crippen LogP contribution in [0.5, 0.6) is 0 Å². The van der Waals surface area contributed by atoms with Crippen molar-refractivity contribution in [3.63, 3.8) is 0 Å². The molecule has 1 aliphatic rings. The maximum atomic E-state index is 13.3. The molecule has 144 valence electrons. The van der Waals surface area contributed by atoms with Gasteiger partial charge in [-0.3, -0.25) is 14.5 Å². The summed E-state index contributed by atoms with van der Waals surface area (Å²) in [6.45, 7) is 8.46. The lowest BCUT2D eigenvalue weighted by molar-refractivity contribution is -0.137. The minimum Gasteiger partial charge on any atom is -0.343 e. The lowest BCUT2D eigenvalue weighted by Crippen LogP contribution is -2.48. The van der Waals surface area contributed by atoms with Gasteiger partial charge in [-0.15, -0.1) is 0 Å². The molecule has 0 aromatic heterocycles. The van der Waals surface area contributed by atoms with Gasteiger partial charge in [0, 0.05) is 30.8 Å². The molecule has 2 rings (SSSR count). The van der Waals surface area contributed by atoms with Gasteiger partial charge < -0.3 is 10.2 Å². The van der Waals surface area contributed by atoms with Gasteiger partial charge in [0.25, 0.3) is 0 Å². The number of rotatable bonds is 6. The summed E-state index contributed by atoms with van der Waals surface area (Å²) >= 11 is 0. The zero-order valence-electron chi connectivity index (χ0n) is 15.6. The first-order valence-corrected chi connectivity index (χ1v) is 9.16. The Balaban J connectivity index is 1.89. The average molecular weight is 367 g/mol. The summed E-state index contributed by atoms with van der Waals surface area (Å²) in [4.78, 5) is 28.7. The summed E-state index contributed by atoms with van der Waals surface area (Å²) in [5, 5.41) is 2.62. The number of anilines is 1. The highest BCUT2D eigenvalue weighted by atomic mass is 19.2. The highest BCUT2D eigenvalue weighted by Crippen LogP contribution is 2.22. The number of carbonyl (C=O) groups is 2. The smallest absolute Gasteiger partial charge is 0.241 e. The highest BCUT2D eigenvalue weighted by molar-refractivity contribution is 5.94. The first-order valence-electron chi connectivity index (χ1n) is 9.16. The van der Waals surface area contributed by atoms with Crippen molar-refractivity contribution >= 4 is 17.5 Å². The van der Waals surface area contributed by atoms with Crippen LogP contribution >= 0.6 is 0 Å².